The number of pyridine rings is 1. The van der Waals surface area contributed by atoms with E-state index in [0.717, 1.165) is 27.3 Å². The number of hydrogen-bond acceptors (Lipinski definition) is 5. The second-order valence-electron chi connectivity index (χ2n) is 8.96. The van der Waals surface area contributed by atoms with E-state index < -0.39 is 5.97 Å². The average Bonchev–Trinajstić information content (AvgIpc) is 3.40. The van der Waals surface area contributed by atoms with Crippen LogP contribution in [0.25, 0.3) is 5.57 Å². The van der Waals surface area contributed by atoms with Gasteiger partial charge >= 0.3 is 5.97 Å². The van der Waals surface area contributed by atoms with Crippen molar-refractivity contribution in [1.82, 2.24) is 4.98 Å². The molecule has 0 fully saturated rings. The Labute approximate surface area is 222 Å². The van der Waals surface area contributed by atoms with Crippen molar-refractivity contribution in [1.29, 1.82) is 0 Å². The Hall–Kier alpha value is -3.82. The van der Waals surface area contributed by atoms with Crippen molar-refractivity contribution >= 4 is 22.9 Å². The van der Waals surface area contributed by atoms with Crippen LogP contribution in [0, 0.1) is 0 Å². The van der Waals surface area contributed by atoms with Crippen LogP contribution < -0.4 is 9.47 Å². The largest absolute Gasteiger partial charge is 0.488 e. The Morgan fingerprint density at radius 1 is 0.973 bits per heavy atom. The van der Waals surface area contributed by atoms with E-state index in [-0.39, 0.29) is 5.56 Å². The van der Waals surface area contributed by atoms with E-state index in [9.17, 15) is 4.79 Å². The normalized spacial score (nSPS) is 12.4. The van der Waals surface area contributed by atoms with Crippen molar-refractivity contribution in [3.63, 3.8) is 0 Å². The van der Waals surface area contributed by atoms with Gasteiger partial charge in [0.05, 0.1) is 11.8 Å². The molecule has 1 aromatic carbocycles. The van der Waals surface area contributed by atoms with Crippen molar-refractivity contribution in [2.24, 2.45) is 0 Å². The average molecular weight is 514 g/mol. The van der Waals surface area contributed by atoms with Crippen molar-refractivity contribution in [2.75, 3.05) is 6.61 Å². The predicted octanol–water partition coefficient (Wildman–Crippen LogP) is 7.82. The summed E-state index contributed by atoms with van der Waals surface area (Å²) in [6.07, 6.45) is 11.7. The fraction of sp³-hybridized carbons (Fsp3) is 0.290. The third-order valence-electron chi connectivity index (χ3n) is 6.13. The van der Waals surface area contributed by atoms with Crippen molar-refractivity contribution in [2.45, 2.75) is 52.1 Å². The van der Waals surface area contributed by atoms with Gasteiger partial charge in [0, 0.05) is 27.8 Å². The van der Waals surface area contributed by atoms with Gasteiger partial charge in [-0.25, -0.2) is 4.79 Å². The molecule has 2 aromatic heterocycles. The van der Waals surface area contributed by atoms with Gasteiger partial charge in [0.15, 0.2) is 0 Å². The highest BCUT2D eigenvalue weighted by atomic mass is 32.1. The predicted molar refractivity (Wildman–Crippen MR) is 147 cm³/mol. The van der Waals surface area contributed by atoms with Crippen LogP contribution in [0.4, 0.5) is 0 Å². The molecule has 3 aromatic rings. The van der Waals surface area contributed by atoms with Gasteiger partial charge in [-0.1, -0.05) is 50.3 Å². The van der Waals surface area contributed by atoms with E-state index in [1.807, 2.05) is 23.6 Å². The molecular weight excluding hydrogens is 482 g/mol. The fourth-order valence-corrected chi connectivity index (χ4v) is 5.00. The molecule has 1 N–H and O–H groups in total. The van der Waals surface area contributed by atoms with Gasteiger partial charge in [-0.05, 0) is 66.1 Å². The number of allylic oxidation sites excluding steroid dienone is 2. The number of ether oxygens (including phenoxy) is 2. The molecule has 0 saturated heterocycles. The minimum atomic E-state index is -1.03. The van der Waals surface area contributed by atoms with Crippen LogP contribution in [0.15, 0.2) is 83.4 Å². The lowest BCUT2D eigenvalue weighted by Crippen LogP contribution is -2.01. The molecule has 0 unspecified atom stereocenters. The van der Waals surface area contributed by atoms with Gasteiger partial charge in [0.25, 0.3) is 0 Å². The Kier molecular flexibility index (Phi) is 9.18. The lowest BCUT2D eigenvalue weighted by Gasteiger charge is -2.16. The SMILES string of the molecule is CCCC(CCC)c1ccc(OCC2=C=C=C(c3csc(COc4cncc(C(=O)O)c4)c3)C=C2)cc1. The molecular formula is C31H31NO4S. The Morgan fingerprint density at radius 3 is 2.41 bits per heavy atom. The zero-order valence-corrected chi connectivity index (χ0v) is 22.0. The maximum atomic E-state index is 11.1. The van der Waals surface area contributed by atoms with Crippen molar-refractivity contribution < 1.29 is 19.4 Å². The summed E-state index contributed by atoms with van der Waals surface area (Å²) < 4.78 is 11.7. The van der Waals surface area contributed by atoms with Gasteiger partial charge < -0.3 is 14.6 Å². The second kappa shape index (κ2) is 12.9. The molecule has 0 saturated carbocycles. The molecule has 0 atom stereocenters. The van der Waals surface area contributed by atoms with Gasteiger partial charge in [-0.3, -0.25) is 4.98 Å². The standard InChI is InChI=1S/C31H31NO4S/c1-3-5-23(6-4-2)24-11-13-28(14-12-24)35-19-22-7-9-25(10-8-22)27-16-30(37-21-27)20-36-29-15-26(31(33)34)17-32-18-29/h7,9,11-18,21,23H,3-6,19-20H2,1-2H3,(H,33,34). The Bertz CT molecular complexity index is 1350. The van der Waals surface area contributed by atoms with Crippen molar-refractivity contribution in [3.05, 3.63) is 105 Å². The summed E-state index contributed by atoms with van der Waals surface area (Å²) in [7, 11) is 0. The maximum Gasteiger partial charge on any atom is 0.337 e. The summed E-state index contributed by atoms with van der Waals surface area (Å²) in [5.41, 5.74) is 10.9. The van der Waals surface area contributed by atoms with E-state index in [1.54, 1.807) is 11.3 Å². The molecule has 0 radical (unpaired) electrons. The van der Waals surface area contributed by atoms with E-state index in [4.69, 9.17) is 14.6 Å². The van der Waals surface area contributed by atoms with Crippen LogP contribution >= 0.6 is 11.3 Å². The highest BCUT2D eigenvalue weighted by molar-refractivity contribution is 7.10. The molecule has 0 amide bonds. The minimum absolute atomic E-state index is 0.100. The van der Waals surface area contributed by atoms with Crippen LogP contribution in [0.3, 0.4) is 0 Å². The summed E-state index contributed by atoms with van der Waals surface area (Å²) in [4.78, 5) is 16.0. The second-order valence-corrected chi connectivity index (χ2v) is 9.95. The molecule has 37 heavy (non-hydrogen) atoms. The van der Waals surface area contributed by atoms with Crippen LogP contribution in [0.2, 0.25) is 0 Å². The van der Waals surface area contributed by atoms with Gasteiger partial charge in [-0.2, -0.15) is 0 Å². The lowest BCUT2D eigenvalue weighted by atomic mass is 9.90. The summed E-state index contributed by atoms with van der Waals surface area (Å²) >= 11 is 1.57. The smallest absolute Gasteiger partial charge is 0.337 e. The van der Waals surface area contributed by atoms with E-state index in [0.29, 0.717) is 24.9 Å². The van der Waals surface area contributed by atoms with Gasteiger partial charge in [0.1, 0.15) is 24.7 Å². The van der Waals surface area contributed by atoms with Gasteiger partial charge in [-0.15, -0.1) is 11.3 Å². The Balaban J connectivity index is 1.34. The van der Waals surface area contributed by atoms with Gasteiger partial charge in [0.2, 0.25) is 0 Å². The molecule has 2 heterocycles. The number of benzene rings is 1. The fourth-order valence-electron chi connectivity index (χ4n) is 4.21. The summed E-state index contributed by atoms with van der Waals surface area (Å²) in [5, 5.41) is 11.1. The number of nitrogens with zero attached hydrogens (tertiary/aromatic N) is 1. The first-order valence-corrected chi connectivity index (χ1v) is 13.5. The maximum absolute atomic E-state index is 11.1. The third-order valence-corrected chi connectivity index (χ3v) is 7.05. The highest BCUT2D eigenvalue weighted by Crippen LogP contribution is 2.28. The zero-order chi connectivity index (χ0) is 26.0. The molecule has 190 valence electrons. The van der Waals surface area contributed by atoms with Crippen LogP contribution in [0.1, 0.15) is 71.8 Å². The topological polar surface area (TPSA) is 68.7 Å². The number of aromatic nitrogens is 1. The number of aromatic carboxylic acids is 1. The number of carbonyl (C=O) groups is 1. The summed E-state index contributed by atoms with van der Waals surface area (Å²) in [6.45, 7) is 5.26. The number of carboxylic acids is 1. The zero-order valence-electron chi connectivity index (χ0n) is 21.2. The Morgan fingerprint density at radius 2 is 1.73 bits per heavy atom. The number of hydrogen-bond donors (Lipinski definition) is 1. The molecule has 1 aliphatic rings. The van der Waals surface area contributed by atoms with Crippen LogP contribution in [-0.2, 0) is 6.61 Å². The van der Waals surface area contributed by atoms with E-state index in [2.05, 4.69) is 54.6 Å². The molecule has 0 aliphatic heterocycles. The first-order valence-electron chi connectivity index (χ1n) is 12.6. The van der Waals surface area contributed by atoms with E-state index in [1.165, 1.54) is 49.7 Å². The quantitative estimate of drug-likeness (QED) is 0.236. The summed E-state index contributed by atoms with van der Waals surface area (Å²) in [5.74, 6) is 0.886. The molecule has 0 bridgehead atoms. The summed E-state index contributed by atoms with van der Waals surface area (Å²) in [6, 6.07) is 12.0. The van der Waals surface area contributed by atoms with Crippen LogP contribution in [-0.4, -0.2) is 22.7 Å². The molecule has 0 spiro atoms. The monoisotopic (exact) mass is 513 g/mol. The lowest BCUT2D eigenvalue weighted by molar-refractivity contribution is 0.0696. The molecule has 1 aliphatic carbocycles. The first-order chi connectivity index (χ1) is 18.1. The molecule has 5 nitrogen and oxygen atoms in total. The van der Waals surface area contributed by atoms with E-state index >= 15 is 0 Å². The van der Waals surface area contributed by atoms with Crippen molar-refractivity contribution in [3.8, 4) is 11.5 Å². The minimum Gasteiger partial charge on any atom is -0.488 e. The highest BCUT2D eigenvalue weighted by Gasteiger charge is 2.11. The molecule has 6 heteroatoms. The number of carboxylic acid groups (broad SMARTS) is 1. The third kappa shape index (κ3) is 7.34. The molecule has 4 rings (SSSR count). The number of thiophene rings is 1. The first kappa shape index (κ1) is 26.2. The van der Waals surface area contributed by atoms with Crippen LogP contribution in [0.5, 0.6) is 11.5 Å². The number of rotatable bonds is 13.